The van der Waals surface area contributed by atoms with Crippen LogP contribution >= 0.6 is 0 Å². The van der Waals surface area contributed by atoms with Gasteiger partial charge in [0.1, 0.15) is 0 Å². The zero-order valence-corrected chi connectivity index (χ0v) is 21.3. The number of hydrogen-bond acceptors (Lipinski definition) is 4. The van der Waals surface area contributed by atoms with Crippen molar-refractivity contribution in [3.63, 3.8) is 0 Å². The van der Waals surface area contributed by atoms with Crippen molar-refractivity contribution in [1.82, 2.24) is 15.1 Å². The van der Waals surface area contributed by atoms with Gasteiger partial charge in [0, 0.05) is 57.3 Å². The average Bonchev–Trinajstić information content (AvgIpc) is 2.79. The molecule has 186 valence electrons. The Labute approximate surface area is 203 Å². The quantitative estimate of drug-likeness (QED) is 0.601. The molecule has 1 saturated heterocycles. The Hall–Kier alpha value is -2.67. The minimum absolute atomic E-state index is 0.115. The van der Waals surface area contributed by atoms with Crippen LogP contribution in [-0.4, -0.2) is 67.3 Å². The molecule has 1 aromatic carbocycles. The number of hydrogen-bond donors (Lipinski definition) is 2. The van der Waals surface area contributed by atoms with Crippen LogP contribution in [0.25, 0.3) is 0 Å². The SMILES string of the molecule is CC(=O)Nc1ccc(C(=O)NCC2C=C(C)C(CC(=O)N3CCN(C)CC3)CC2C(C)C)cc1. The normalized spacial score (nSPS) is 23.4. The standard InChI is InChI=1S/C27H40N4O3/c1-18(2)25-15-22(16-26(33)31-12-10-30(5)11-13-31)19(3)14-23(25)17-28-27(34)21-6-8-24(9-7-21)29-20(4)32/h6-9,14,18,22-23,25H,10-13,15-17H2,1-5H3,(H,28,34)(H,29,32). The molecule has 2 aliphatic rings. The second kappa shape index (κ2) is 11.6. The Morgan fingerprint density at radius 2 is 1.71 bits per heavy atom. The highest BCUT2D eigenvalue weighted by Gasteiger charge is 2.33. The van der Waals surface area contributed by atoms with Gasteiger partial charge >= 0.3 is 0 Å². The molecule has 1 fully saturated rings. The first-order valence-corrected chi connectivity index (χ1v) is 12.4. The van der Waals surface area contributed by atoms with Crippen molar-refractivity contribution in [3.05, 3.63) is 41.5 Å². The van der Waals surface area contributed by atoms with Crippen LogP contribution < -0.4 is 10.6 Å². The van der Waals surface area contributed by atoms with Gasteiger partial charge in [-0.25, -0.2) is 0 Å². The smallest absolute Gasteiger partial charge is 0.251 e. The van der Waals surface area contributed by atoms with Gasteiger partial charge in [-0.05, 0) is 68.3 Å². The van der Waals surface area contributed by atoms with E-state index in [0.29, 0.717) is 36.1 Å². The van der Waals surface area contributed by atoms with Gasteiger partial charge < -0.3 is 20.4 Å². The summed E-state index contributed by atoms with van der Waals surface area (Å²) < 4.78 is 0. The highest BCUT2D eigenvalue weighted by molar-refractivity contribution is 5.95. The maximum atomic E-state index is 12.9. The maximum absolute atomic E-state index is 12.9. The molecule has 0 radical (unpaired) electrons. The third kappa shape index (κ3) is 6.92. The summed E-state index contributed by atoms with van der Waals surface area (Å²) in [6.07, 6.45) is 3.84. The molecule has 1 aliphatic carbocycles. The second-order valence-corrected chi connectivity index (χ2v) is 10.3. The molecular formula is C27H40N4O3. The number of carbonyl (C=O) groups excluding carboxylic acids is 3. The lowest BCUT2D eigenvalue weighted by Gasteiger charge is -2.38. The molecule has 3 rings (SSSR count). The molecule has 7 heteroatoms. The lowest BCUT2D eigenvalue weighted by molar-refractivity contribution is -0.133. The van der Waals surface area contributed by atoms with E-state index in [-0.39, 0.29) is 29.6 Å². The number of likely N-dealkylation sites (N-methyl/N-ethyl adjacent to an activating group) is 1. The molecule has 3 atom stereocenters. The largest absolute Gasteiger partial charge is 0.351 e. The van der Waals surface area contributed by atoms with E-state index in [1.165, 1.54) is 12.5 Å². The number of nitrogens with zero attached hydrogens (tertiary/aromatic N) is 2. The molecule has 3 unspecified atom stereocenters. The van der Waals surface area contributed by atoms with E-state index in [4.69, 9.17) is 0 Å². The van der Waals surface area contributed by atoms with Crippen molar-refractivity contribution in [3.8, 4) is 0 Å². The molecule has 2 N–H and O–H groups in total. The van der Waals surface area contributed by atoms with Gasteiger partial charge in [0.15, 0.2) is 0 Å². The first-order chi connectivity index (χ1) is 16.1. The summed E-state index contributed by atoms with van der Waals surface area (Å²) in [6, 6.07) is 6.92. The van der Waals surface area contributed by atoms with Crippen molar-refractivity contribution < 1.29 is 14.4 Å². The molecule has 0 bridgehead atoms. The lowest BCUT2D eigenvalue weighted by Crippen LogP contribution is -2.47. The Morgan fingerprint density at radius 3 is 2.29 bits per heavy atom. The van der Waals surface area contributed by atoms with Crippen LogP contribution in [-0.2, 0) is 9.59 Å². The number of nitrogens with one attached hydrogen (secondary N) is 2. The van der Waals surface area contributed by atoms with E-state index in [1.807, 2.05) is 4.90 Å². The van der Waals surface area contributed by atoms with Gasteiger partial charge in [0.05, 0.1) is 0 Å². The second-order valence-electron chi connectivity index (χ2n) is 10.3. The summed E-state index contributed by atoms with van der Waals surface area (Å²) in [6.45, 7) is 12.1. The van der Waals surface area contributed by atoms with Crippen LogP contribution in [0.3, 0.4) is 0 Å². The summed E-state index contributed by atoms with van der Waals surface area (Å²) in [5.74, 6) is 1.41. The maximum Gasteiger partial charge on any atom is 0.251 e. The third-order valence-electron chi connectivity index (χ3n) is 7.33. The molecule has 3 amide bonds. The van der Waals surface area contributed by atoms with Crippen molar-refractivity contribution >= 4 is 23.4 Å². The fraction of sp³-hybridized carbons (Fsp3) is 0.593. The summed E-state index contributed by atoms with van der Waals surface area (Å²) in [5.41, 5.74) is 2.51. The third-order valence-corrected chi connectivity index (χ3v) is 7.33. The van der Waals surface area contributed by atoms with Crippen molar-refractivity contribution in [2.75, 3.05) is 45.1 Å². The van der Waals surface area contributed by atoms with E-state index >= 15 is 0 Å². The zero-order chi connectivity index (χ0) is 24.8. The van der Waals surface area contributed by atoms with Gasteiger partial charge in [-0.3, -0.25) is 14.4 Å². The minimum Gasteiger partial charge on any atom is -0.351 e. The number of carbonyl (C=O) groups is 3. The topological polar surface area (TPSA) is 81.8 Å². The molecule has 1 heterocycles. The van der Waals surface area contributed by atoms with Gasteiger partial charge in [-0.15, -0.1) is 0 Å². The van der Waals surface area contributed by atoms with Crippen LogP contribution in [0.15, 0.2) is 35.9 Å². The number of rotatable bonds is 7. The average molecular weight is 469 g/mol. The summed E-state index contributed by atoms with van der Waals surface area (Å²) in [5, 5.41) is 5.81. The van der Waals surface area contributed by atoms with Crippen molar-refractivity contribution in [2.24, 2.45) is 23.7 Å². The van der Waals surface area contributed by atoms with Gasteiger partial charge in [0.25, 0.3) is 5.91 Å². The van der Waals surface area contributed by atoms with E-state index in [2.05, 4.69) is 49.4 Å². The Kier molecular flexibility index (Phi) is 8.89. The predicted octanol–water partition coefficient (Wildman–Crippen LogP) is 3.39. The van der Waals surface area contributed by atoms with Gasteiger partial charge in [-0.2, -0.15) is 0 Å². The molecule has 7 nitrogen and oxygen atoms in total. The van der Waals surface area contributed by atoms with Crippen LogP contribution in [0.5, 0.6) is 0 Å². The molecule has 0 spiro atoms. The Balaban J connectivity index is 1.59. The molecule has 1 aromatic rings. The predicted molar refractivity (Wildman–Crippen MR) is 135 cm³/mol. The zero-order valence-electron chi connectivity index (χ0n) is 21.3. The summed E-state index contributed by atoms with van der Waals surface area (Å²) >= 11 is 0. The summed E-state index contributed by atoms with van der Waals surface area (Å²) in [7, 11) is 2.10. The van der Waals surface area contributed by atoms with E-state index in [0.717, 1.165) is 32.6 Å². The molecule has 1 aliphatic heterocycles. The molecular weight excluding hydrogens is 428 g/mol. The lowest BCUT2D eigenvalue weighted by atomic mass is 9.69. The van der Waals surface area contributed by atoms with Gasteiger partial charge in [0.2, 0.25) is 11.8 Å². The first-order valence-electron chi connectivity index (χ1n) is 12.4. The fourth-order valence-electron chi connectivity index (χ4n) is 5.12. The van der Waals surface area contributed by atoms with E-state index in [9.17, 15) is 14.4 Å². The minimum atomic E-state index is -0.139. The van der Waals surface area contributed by atoms with Crippen molar-refractivity contribution in [2.45, 2.75) is 40.5 Å². The number of amides is 3. The number of allylic oxidation sites excluding steroid dienone is 1. The van der Waals surface area contributed by atoms with Crippen molar-refractivity contribution in [1.29, 1.82) is 0 Å². The van der Waals surface area contributed by atoms with Crippen LogP contribution in [0.2, 0.25) is 0 Å². The number of piperazine rings is 1. The monoisotopic (exact) mass is 468 g/mol. The van der Waals surface area contributed by atoms with Crippen LogP contribution in [0.4, 0.5) is 5.69 Å². The molecule has 34 heavy (non-hydrogen) atoms. The molecule has 0 aromatic heterocycles. The Bertz CT molecular complexity index is 901. The highest BCUT2D eigenvalue weighted by Crippen LogP contribution is 2.39. The number of benzene rings is 1. The van der Waals surface area contributed by atoms with Crippen LogP contribution in [0.1, 0.15) is 50.9 Å². The first kappa shape index (κ1) is 25.9. The molecule has 0 saturated carbocycles. The van der Waals surface area contributed by atoms with Gasteiger partial charge in [-0.1, -0.05) is 25.5 Å². The van der Waals surface area contributed by atoms with Crippen LogP contribution in [0, 0.1) is 23.7 Å². The highest BCUT2D eigenvalue weighted by atomic mass is 16.2. The number of anilines is 1. The Morgan fingerprint density at radius 1 is 1.06 bits per heavy atom. The van der Waals surface area contributed by atoms with E-state index in [1.54, 1.807) is 24.3 Å². The summed E-state index contributed by atoms with van der Waals surface area (Å²) in [4.78, 5) is 41.1. The van der Waals surface area contributed by atoms with E-state index < -0.39 is 0 Å². The fourth-order valence-corrected chi connectivity index (χ4v) is 5.12.